The van der Waals surface area contributed by atoms with E-state index in [4.69, 9.17) is 4.74 Å². The molecule has 0 spiro atoms. The summed E-state index contributed by atoms with van der Waals surface area (Å²) >= 11 is 0. The molecule has 1 fully saturated rings. The van der Waals surface area contributed by atoms with Gasteiger partial charge in [0.1, 0.15) is 6.04 Å². The lowest BCUT2D eigenvalue weighted by Crippen LogP contribution is -2.55. The Morgan fingerprint density at radius 2 is 2.05 bits per heavy atom. The van der Waals surface area contributed by atoms with Crippen molar-refractivity contribution < 1.29 is 14.3 Å². The van der Waals surface area contributed by atoms with Crippen LogP contribution in [0.3, 0.4) is 0 Å². The topological polar surface area (TPSA) is 70.7 Å². The SMILES string of the molecule is CNC(=O)C1COCCN1C(=O)CCNC(C)(C)C. The standard InChI is InChI=1S/C13H25N3O3/c1-13(2,3)15-6-5-11(17)16-7-8-19-9-10(16)12(18)14-4/h10,15H,5-9H2,1-4H3,(H,14,18). The molecule has 2 amide bonds. The molecule has 0 aliphatic carbocycles. The van der Waals surface area contributed by atoms with Crippen LogP contribution >= 0.6 is 0 Å². The van der Waals surface area contributed by atoms with Crippen LogP contribution in [-0.2, 0) is 14.3 Å². The Kier molecular flexibility index (Phi) is 5.75. The number of carbonyl (C=O) groups is 2. The highest BCUT2D eigenvalue weighted by molar-refractivity contribution is 5.87. The molecule has 6 nitrogen and oxygen atoms in total. The van der Waals surface area contributed by atoms with E-state index in [1.54, 1.807) is 11.9 Å². The second kappa shape index (κ2) is 6.86. The molecule has 6 heteroatoms. The number of likely N-dealkylation sites (N-methyl/N-ethyl adjacent to an activating group) is 1. The van der Waals surface area contributed by atoms with Crippen molar-refractivity contribution in [2.75, 3.05) is 33.4 Å². The summed E-state index contributed by atoms with van der Waals surface area (Å²) in [6, 6.07) is -0.499. The number of rotatable bonds is 4. The smallest absolute Gasteiger partial charge is 0.244 e. The lowest BCUT2D eigenvalue weighted by molar-refractivity contribution is -0.148. The van der Waals surface area contributed by atoms with Crippen molar-refractivity contribution in [2.24, 2.45) is 0 Å². The van der Waals surface area contributed by atoms with E-state index in [1.807, 2.05) is 0 Å². The van der Waals surface area contributed by atoms with Crippen LogP contribution in [0.25, 0.3) is 0 Å². The van der Waals surface area contributed by atoms with E-state index < -0.39 is 6.04 Å². The molecule has 2 N–H and O–H groups in total. The molecular weight excluding hydrogens is 246 g/mol. The summed E-state index contributed by atoms with van der Waals surface area (Å²) in [5.74, 6) is -0.175. The lowest BCUT2D eigenvalue weighted by atomic mass is 10.1. The zero-order valence-electron chi connectivity index (χ0n) is 12.3. The first-order valence-electron chi connectivity index (χ1n) is 6.69. The number of ether oxygens (including phenoxy) is 1. The fourth-order valence-electron chi connectivity index (χ4n) is 1.97. The summed E-state index contributed by atoms with van der Waals surface area (Å²) in [6.07, 6.45) is 0.394. The predicted octanol–water partition coefficient (Wildman–Crippen LogP) is -0.262. The molecule has 1 heterocycles. The van der Waals surface area contributed by atoms with Crippen LogP contribution < -0.4 is 10.6 Å². The Hall–Kier alpha value is -1.14. The van der Waals surface area contributed by atoms with Crippen molar-refractivity contribution in [2.45, 2.75) is 38.8 Å². The number of hydrogen-bond donors (Lipinski definition) is 2. The molecule has 1 aliphatic rings. The van der Waals surface area contributed by atoms with Crippen LogP contribution in [0.4, 0.5) is 0 Å². The van der Waals surface area contributed by atoms with Crippen LogP contribution in [0.1, 0.15) is 27.2 Å². The van der Waals surface area contributed by atoms with Crippen molar-refractivity contribution in [3.63, 3.8) is 0 Å². The Balaban J connectivity index is 2.50. The molecule has 0 aromatic carbocycles. The number of nitrogens with one attached hydrogen (secondary N) is 2. The predicted molar refractivity (Wildman–Crippen MR) is 72.8 cm³/mol. The second-order valence-corrected chi connectivity index (χ2v) is 5.72. The van der Waals surface area contributed by atoms with Gasteiger partial charge >= 0.3 is 0 Å². The van der Waals surface area contributed by atoms with Crippen molar-refractivity contribution in [3.05, 3.63) is 0 Å². The minimum atomic E-state index is -0.499. The molecule has 0 saturated carbocycles. The summed E-state index contributed by atoms with van der Waals surface area (Å²) in [7, 11) is 1.57. The average molecular weight is 271 g/mol. The van der Waals surface area contributed by atoms with Gasteiger partial charge in [0.15, 0.2) is 0 Å². The molecule has 1 rings (SSSR count). The van der Waals surface area contributed by atoms with Gasteiger partial charge < -0.3 is 20.3 Å². The van der Waals surface area contributed by atoms with E-state index >= 15 is 0 Å². The Bertz CT molecular complexity index is 326. The summed E-state index contributed by atoms with van der Waals surface area (Å²) in [5, 5.41) is 5.84. The van der Waals surface area contributed by atoms with E-state index in [0.29, 0.717) is 26.1 Å². The lowest BCUT2D eigenvalue weighted by Gasteiger charge is -2.34. The Labute approximate surface area is 114 Å². The first-order valence-corrected chi connectivity index (χ1v) is 6.69. The van der Waals surface area contributed by atoms with Gasteiger partial charge in [-0.25, -0.2) is 0 Å². The third-order valence-corrected chi connectivity index (χ3v) is 2.99. The molecule has 1 saturated heterocycles. The fraction of sp³-hybridized carbons (Fsp3) is 0.846. The van der Waals surface area contributed by atoms with Crippen LogP contribution in [0.15, 0.2) is 0 Å². The summed E-state index contributed by atoms with van der Waals surface area (Å²) < 4.78 is 5.27. The Morgan fingerprint density at radius 3 is 2.63 bits per heavy atom. The van der Waals surface area contributed by atoms with E-state index in [1.165, 1.54) is 0 Å². The minimum absolute atomic E-state index is 0.00588. The van der Waals surface area contributed by atoms with Gasteiger partial charge in [-0.15, -0.1) is 0 Å². The first kappa shape index (κ1) is 15.9. The first-order chi connectivity index (χ1) is 8.85. The molecular formula is C13H25N3O3. The molecule has 1 atom stereocenters. The maximum absolute atomic E-state index is 12.2. The highest BCUT2D eigenvalue weighted by atomic mass is 16.5. The van der Waals surface area contributed by atoms with Gasteiger partial charge in [-0.1, -0.05) is 0 Å². The Morgan fingerprint density at radius 1 is 1.37 bits per heavy atom. The number of morpholine rings is 1. The average Bonchev–Trinajstić information content (AvgIpc) is 2.36. The molecule has 0 bridgehead atoms. The second-order valence-electron chi connectivity index (χ2n) is 5.72. The highest BCUT2D eigenvalue weighted by Crippen LogP contribution is 2.09. The third kappa shape index (κ3) is 5.16. The van der Waals surface area contributed by atoms with Crippen LogP contribution in [0.2, 0.25) is 0 Å². The van der Waals surface area contributed by atoms with E-state index in [9.17, 15) is 9.59 Å². The molecule has 0 aromatic rings. The van der Waals surface area contributed by atoms with Crippen molar-refractivity contribution in [3.8, 4) is 0 Å². The van der Waals surface area contributed by atoms with E-state index in [2.05, 4.69) is 31.4 Å². The largest absolute Gasteiger partial charge is 0.377 e. The van der Waals surface area contributed by atoms with Gasteiger partial charge in [-0.2, -0.15) is 0 Å². The van der Waals surface area contributed by atoms with Crippen LogP contribution in [0.5, 0.6) is 0 Å². The fourth-order valence-corrected chi connectivity index (χ4v) is 1.97. The summed E-state index contributed by atoms with van der Waals surface area (Å²) in [5.41, 5.74) is -0.00845. The summed E-state index contributed by atoms with van der Waals surface area (Å²) in [6.45, 7) is 8.02. The molecule has 0 radical (unpaired) electrons. The number of nitrogens with zero attached hydrogens (tertiary/aromatic N) is 1. The van der Waals surface area contributed by atoms with E-state index in [0.717, 1.165) is 0 Å². The molecule has 1 aliphatic heterocycles. The van der Waals surface area contributed by atoms with Gasteiger partial charge in [-0.3, -0.25) is 9.59 Å². The van der Waals surface area contributed by atoms with Gasteiger partial charge in [0, 0.05) is 32.1 Å². The minimum Gasteiger partial charge on any atom is -0.377 e. The molecule has 0 aromatic heterocycles. The molecule has 19 heavy (non-hydrogen) atoms. The number of hydrogen-bond acceptors (Lipinski definition) is 4. The van der Waals surface area contributed by atoms with Gasteiger partial charge in [0.25, 0.3) is 0 Å². The van der Waals surface area contributed by atoms with Crippen molar-refractivity contribution in [1.82, 2.24) is 15.5 Å². The normalized spacial score (nSPS) is 20.2. The maximum atomic E-state index is 12.2. The quantitative estimate of drug-likeness (QED) is 0.739. The molecule has 110 valence electrons. The zero-order chi connectivity index (χ0) is 14.5. The number of carbonyl (C=O) groups excluding carboxylic acids is 2. The van der Waals surface area contributed by atoms with Crippen molar-refractivity contribution in [1.29, 1.82) is 0 Å². The van der Waals surface area contributed by atoms with Gasteiger partial charge in [0.05, 0.1) is 13.2 Å². The third-order valence-electron chi connectivity index (χ3n) is 2.99. The van der Waals surface area contributed by atoms with Gasteiger partial charge in [-0.05, 0) is 20.8 Å². The monoisotopic (exact) mass is 271 g/mol. The maximum Gasteiger partial charge on any atom is 0.244 e. The summed E-state index contributed by atoms with van der Waals surface area (Å²) in [4.78, 5) is 25.5. The van der Waals surface area contributed by atoms with Crippen LogP contribution in [0, 0.1) is 0 Å². The van der Waals surface area contributed by atoms with E-state index in [-0.39, 0.29) is 24.0 Å². The molecule has 1 unspecified atom stereocenters. The number of amides is 2. The van der Waals surface area contributed by atoms with Crippen molar-refractivity contribution >= 4 is 11.8 Å². The van der Waals surface area contributed by atoms with Gasteiger partial charge in [0.2, 0.25) is 11.8 Å². The zero-order valence-corrected chi connectivity index (χ0v) is 12.3. The van der Waals surface area contributed by atoms with Crippen LogP contribution in [-0.4, -0.2) is 61.6 Å². The highest BCUT2D eigenvalue weighted by Gasteiger charge is 2.31.